The summed E-state index contributed by atoms with van der Waals surface area (Å²) in [7, 11) is 0. The summed E-state index contributed by atoms with van der Waals surface area (Å²) in [4.78, 5) is 12.2. The second-order valence-corrected chi connectivity index (χ2v) is 5.92. The van der Waals surface area contributed by atoms with Crippen LogP contribution in [-0.4, -0.2) is 27.8 Å². The maximum atomic E-state index is 12.2. The van der Waals surface area contributed by atoms with Crippen LogP contribution in [0.1, 0.15) is 46.5 Å². The van der Waals surface area contributed by atoms with Crippen LogP contribution < -0.4 is 10.6 Å². The Bertz CT molecular complexity index is 435. The SMILES string of the molecule is CCn1cc(NC(C)C(=O)NC2CCC(C)CC2)cn1. The van der Waals surface area contributed by atoms with Crippen molar-refractivity contribution in [2.75, 3.05) is 5.32 Å². The topological polar surface area (TPSA) is 59.0 Å². The third kappa shape index (κ3) is 3.99. The van der Waals surface area contributed by atoms with E-state index in [0.29, 0.717) is 6.04 Å². The lowest BCUT2D eigenvalue weighted by Crippen LogP contribution is -2.44. The standard InChI is InChI=1S/C15H26N4O/c1-4-19-10-14(9-16-19)17-12(3)15(20)18-13-7-5-11(2)6-8-13/h9-13,17H,4-8H2,1-3H3,(H,18,20). The molecular formula is C15H26N4O. The maximum Gasteiger partial charge on any atom is 0.242 e. The monoisotopic (exact) mass is 278 g/mol. The molecule has 1 aliphatic carbocycles. The number of hydrogen-bond donors (Lipinski definition) is 2. The second kappa shape index (κ2) is 6.77. The number of aryl methyl sites for hydroxylation is 1. The quantitative estimate of drug-likeness (QED) is 0.869. The average molecular weight is 278 g/mol. The lowest BCUT2D eigenvalue weighted by Gasteiger charge is -2.28. The van der Waals surface area contributed by atoms with Gasteiger partial charge in [0.25, 0.3) is 0 Å². The van der Waals surface area contributed by atoms with Gasteiger partial charge < -0.3 is 10.6 Å². The number of anilines is 1. The first-order valence-electron chi connectivity index (χ1n) is 7.67. The highest BCUT2D eigenvalue weighted by molar-refractivity contribution is 5.84. The van der Waals surface area contributed by atoms with Gasteiger partial charge in [-0.3, -0.25) is 9.48 Å². The Labute approximate surface area is 121 Å². The number of aromatic nitrogens is 2. The molecule has 0 spiro atoms. The third-order valence-corrected chi connectivity index (χ3v) is 4.10. The Morgan fingerprint density at radius 2 is 2.15 bits per heavy atom. The fraction of sp³-hybridized carbons (Fsp3) is 0.733. The fourth-order valence-electron chi connectivity index (χ4n) is 2.66. The van der Waals surface area contributed by atoms with Crippen molar-refractivity contribution in [3.63, 3.8) is 0 Å². The lowest BCUT2D eigenvalue weighted by molar-refractivity contribution is -0.122. The Balaban J connectivity index is 1.79. The minimum atomic E-state index is -0.233. The van der Waals surface area contributed by atoms with Crippen LogP contribution in [0.3, 0.4) is 0 Å². The van der Waals surface area contributed by atoms with Gasteiger partial charge in [0.1, 0.15) is 6.04 Å². The van der Waals surface area contributed by atoms with Gasteiger partial charge in [0.2, 0.25) is 5.91 Å². The zero-order valence-electron chi connectivity index (χ0n) is 12.7. The molecule has 1 unspecified atom stereocenters. The molecule has 1 aromatic rings. The van der Waals surface area contributed by atoms with Crippen molar-refractivity contribution in [1.82, 2.24) is 15.1 Å². The smallest absolute Gasteiger partial charge is 0.242 e. The number of carbonyl (C=O) groups is 1. The van der Waals surface area contributed by atoms with Crippen LogP contribution in [0, 0.1) is 5.92 Å². The Kier molecular flexibility index (Phi) is 5.04. The van der Waals surface area contributed by atoms with Gasteiger partial charge in [-0.1, -0.05) is 6.92 Å². The zero-order valence-corrected chi connectivity index (χ0v) is 12.7. The van der Waals surface area contributed by atoms with E-state index < -0.39 is 0 Å². The first-order valence-corrected chi connectivity index (χ1v) is 7.67. The van der Waals surface area contributed by atoms with Crippen molar-refractivity contribution in [1.29, 1.82) is 0 Å². The zero-order chi connectivity index (χ0) is 14.5. The second-order valence-electron chi connectivity index (χ2n) is 5.92. The molecular weight excluding hydrogens is 252 g/mol. The first kappa shape index (κ1) is 14.9. The van der Waals surface area contributed by atoms with Gasteiger partial charge in [0, 0.05) is 18.8 Å². The van der Waals surface area contributed by atoms with E-state index in [-0.39, 0.29) is 11.9 Å². The predicted octanol–water partition coefficient (Wildman–Crippen LogP) is 2.40. The van der Waals surface area contributed by atoms with Crippen molar-refractivity contribution < 1.29 is 4.79 Å². The highest BCUT2D eigenvalue weighted by Gasteiger charge is 2.22. The Morgan fingerprint density at radius 1 is 1.45 bits per heavy atom. The molecule has 20 heavy (non-hydrogen) atoms. The summed E-state index contributed by atoms with van der Waals surface area (Å²) >= 11 is 0. The van der Waals surface area contributed by atoms with Gasteiger partial charge in [0.05, 0.1) is 11.9 Å². The highest BCUT2D eigenvalue weighted by atomic mass is 16.2. The van der Waals surface area contributed by atoms with E-state index in [1.807, 2.05) is 24.7 Å². The summed E-state index contributed by atoms with van der Waals surface area (Å²) in [5.74, 6) is 0.882. The molecule has 1 aromatic heterocycles. The van der Waals surface area contributed by atoms with Gasteiger partial charge in [-0.25, -0.2) is 0 Å². The third-order valence-electron chi connectivity index (χ3n) is 4.10. The highest BCUT2D eigenvalue weighted by Crippen LogP contribution is 2.23. The molecule has 1 saturated carbocycles. The van der Waals surface area contributed by atoms with Gasteiger partial charge in [-0.05, 0) is 45.4 Å². The van der Waals surface area contributed by atoms with E-state index in [1.165, 1.54) is 12.8 Å². The number of nitrogens with zero attached hydrogens (tertiary/aromatic N) is 2. The lowest BCUT2D eigenvalue weighted by atomic mass is 9.87. The predicted molar refractivity (Wildman–Crippen MR) is 80.5 cm³/mol. The minimum Gasteiger partial charge on any atom is -0.371 e. The van der Waals surface area contributed by atoms with Crippen molar-refractivity contribution in [3.8, 4) is 0 Å². The van der Waals surface area contributed by atoms with Gasteiger partial charge >= 0.3 is 0 Å². The van der Waals surface area contributed by atoms with E-state index in [9.17, 15) is 4.79 Å². The van der Waals surface area contributed by atoms with Crippen LogP contribution in [0.15, 0.2) is 12.4 Å². The molecule has 1 amide bonds. The molecule has 0 aliphatic heterocycles. The van der Waals surface area contributed by atoms with Crippen molar-refractivity contribution in [2.45, 2.75) is 65.1 Å². The van der Waals surface area contributed by atoms with E-state index in [0.717, 1.165) is 31.0 Å². The summed E-state index contributed by atoms with van der Waals surface area (Å²) < 4.78 is 1.84. The van der Waals surface area contributed by atoms with Crippen LogP contribution in [0.2, 0.25) is 0 Å². The van der Waals surface area contributed by atoms with E-state index >= 15 is 0 Å². The molecule has 2 rings (SSSR count). The number of carbonyl (C=O) groups excluding carboxylic acids is 1. The molecule has 0 radical (unpaired) electrons. The summed E-state index contributed by atoms with van der Waals surface area (Å²) in [6.07, 6.45) is 8.33. The van der Waals surface area contributed by atoms with Crippen LogP contribution in [0.25, 0.3) is 0 Å². The van der Waals surface area contributed by atoms with E-state index in [4.69, 9.17) is 0 Å². The van der Waals surface area contributed by atoms with Crippen molar-refractivity contribution in [2.24, 2.45) is 5.92 Å². The maximum absolute atomic E-state index is 12.2. The normalized spacial score (nSPS) is 24.1. The van der Waals surface area contributed by atoms with Crippen LogP contribution in [0.4, 0.5) is 5.69 Å². The molecule has 0 bridgehead atoms. The summed E-state index contributed by atoms with van der Waals surface area (Å²) in [6.45, 7) is 7.05. The molecule has 0 saturated heterocycles. The average Bonchev–Trinajstić information content (AvgIpc) is 2.89. The molecule has 112 valence electrons. The Morgan fingerprint density at radius 3 is 2.75 bits per heavy atom. The molecule has 1 aliphatic rings. The van der Waals surface area contributed by atoms with Gasteiger partial charge in [0.15, 0.2) is 0 Å². The van der Waals surface area contributed by atoms with Crippen molar-refractivity contribution in [3.05, 3.63) is 12.4 Å². The molecule has 1 atom stereocenters. The number of nitrogens with one attached hydrogen (secondary N) is 2. The van der Waals surface area contributed by atoms with Crippen molar-refractivity contribution >= 4 is 11.6 Å². The van der Waals surface area contributed by atoms with E-state index in [1.54, 1.807) is 6.20 Å². The number of amides is 1. The number of hydrogen-bond acceptors (Lipinski definition) is 3. The van der Waals surface area contributed by atoms with Crippen LogP contribution in [0.5, 0.6) is 0 Å². The van der Waals surface area contributed by atoms with E-state index in [2.05, 4.69) is 22.7 Å². The van der Waals surface area contributed by atoms with Gasteiger partial charge in [-0.2, -0.15) is 5.10 Å². The Hall–Kier alpha value is -1.52. The summed E-state index contributed by atoms with van der Waals surface area (Å²) in [5.41, 5.74) is 0.895. The van der Waals surface area contributed by atoms with Gasteiger partial charge in [-0.15, -0.1) is 0 Å². The minimum absolute atomic E-state index is 0.0776. The first-order chi connectivity index (χ1) is 9.58. The molecule has 5 heteroatoms. The molecule has 5 nitrogen and oxygen atoms in total. The van der Waals surface area contributed by atoms with Crippen LogP contribution in [-0.2, 0) is 11.3 Å². The van der Waals surface area contributed by atoms with Crippen LogP contribution >= 0.6 is 0 Å². The molecule has 0 aromatic carbocycles. The largest absolute Gasteiger partial charge is 0.371 e. The molecule has 1 heterocycles. The number of rotatable bonds is 5. The molecule has 2 N–H and O–H groups in total. The summed E-state index contributed by atoms with van der Waals surface area (Å²) in [5, 5.41) is 10.5. The molecule has 1 fully saturated rings. The summed E-state index contributed by atoms with van der Waals surface area (Å²) in [6, 6.07) is 0.116. The fourth-order valence-corrected chi connectivity index (χ4v) is 2.66.